The molecule has 7 nitrogen and oxygen atoms in total. The molecule has 0 atom stereocenters. The number of rotatable bonds is 10. The number of aryl methyl sites for hydroxylation is 1. The van der Waals surface area contributed by atoms with Crippen LogP contribution in [0.5, 0.6) is 5.75 Å². The van der Waals surface area contributed by atoms with Gasteiger partial charge in [0.25, 0.3) is 0 Å². The van der Waals surface area contributed by atoms with Crippen LogP contribution in [0.1, 0.15) is 23.7 Å². The number of hydrogen-bond acceptors (Lipinski definition) is 6. The van der Waals surface area contributed by atoms with Gasteiger partial charge in [-0.2, -0.15) is 0 Å². The third kappa shape index (κ3) is 9.30. The van der Waals surface area contributed by atoms with Gasteiger partial charge >= 0.3 is 0 Å². The summed E-state index contributed by atoms with van der Waals surface area (Å²) in [5.41, 5.74) is 0. The van der Waals surface area contributed by atoms with Gasteiger partial charge in [0.1, 0.15) is 12.4 Å². The highest BCUT2D eigenvalue weighted by Crippen LogP contribution is 2.15. The molecule has 10 heteroatoms. The van der Waals surface area contributed by atoms with Gasteiger partial charge in [-0.25, -0.2) is 13.4 Å². The highest BCUT2D eigenvalue weighted by Gasteiger charge is 2.06. The fraction of sp³-hybridized carbons (Fsp3) is 0.474. The minimum atomic E-state index is -3.19. The van der Waals surface area contributed by atoms with Crippen LogP contribution in [0.4, 0.5) is 0 Å². The van der Waals surface area contributed by atoms with Crippen molar-refractivity contribution in [1.82, 2.24) is 15.6 Å². The lowest BCUT2D eigenvalue weighted by Crippen LogP contribution is -2.39. The second-order valence-electron chi connectivity index (χ2n) is 6.10. The number of aliphatic imine (C=N–C) groups is 1. The summed E-state index contributed by atoms with van der Waals surface area (Å²) in [5, 5.41) is 7.55. The van der Waals surface area contributed by atoms with E-state index in [2.05, 4.69) is 27.5 Å². The number of ether oxygens (including phenoxy) is 1. The van der Waals surface area contributed by atoms with E-state index in [9.17, 15) is 8.42 Å². The van der Waals surface area contributed by atoms with Gasteiger partial charge in [-0.1, -0.05) is 6.92 Å². The second-order valence-corrected chi connectivity index (χ2v) is 9.32. The molecule has 2 aromatic rings. The highest BCUT2D eigenvalue weighted by atomic mass is 127. The van der Waals surface area contributed by atoms with Crippen LogP contribution in [0.15, 0.2) is 40.4 Å². The van der Waals surface area contributed by atoms with Crippen molar-refractivity contribution in [2.24, 2.45) is 4.99 Å². The molecule has 2 rings (SSSR count). The first-order chi connectivity index (χ1) is 13.4. The van der Waals surface area contributed by atoms with E-state index in [0.29, 0.717) is 25.4 Å². The first-order valence-electron chi connectivity index (χ1n) is 9.31. The quantitative estimate of drug-likeness (QED) is 0.204. The molecule has 0 aliphatic heterocycles. The van der Waals surface area contributed by atoms with E-state index in [1.807, 2.05) is 13.1 Å². The van der Waals surface area contributed by atoms with Crippen LogP contribution in [0.25, 0.3) is 0 Å². The number of guanidine groups is 1. The zero-order valence-corrected chi connectivity index (χ0v) is 20.9. The van der Waals surface area contributed by atoms with Gasteiger partial charge in [0, 0.05) is 36.8 Å². The number of hydrogen-bond donors (Lipinski definition) is 2. The molecule has 0 bridgehead atoms. The lowest BCUT2D eigenvalue weighted by atomic mass is 10.3. The summed E-state index contributed by atoms with van der Waals surface area (Å²) in [6.45, 7) is 6.61. The number of aromatic nitrogens is 1. The van der Waals surface area contributed by atoms with Crippen LogP contribution in [0.3, 0.4) is 0 Å². The van der Waals surface area contributed by atoms with Gasteiger partial charge < -0.3 is 15.4 Å². The molecule has 0 aliphatic carbocycles. The Kier molecular flexibility index (Phi) is 11.5. The Labute approximate surface area is 194 Å². The second kappa shape index (κ2) is 13.0. The van der Waals surface area contributed by atoms with E-state index in [0.717, 1.165) is 30.4 Å². The van der Waals surface area contributed by atoms with Crippen molar-refractivity contribution in [1.29, 1.82) is 0 Å². The van der Waals surface area contributed by atoms with Crippen LogP contribution in [-0.2, 0) is 22.7 Å². The molecule has 0 amide bonds. The van der Waals surface area contributed by atoms with E-state index >= 15 is 0 Å². The summed E-state index contributed by atoms with van der Waals surface area (Å²) in [5.74, 6) is 1.37. The maximum absolute atomic E-state index is 11.5. The van der Waals surface area contributed by atoms with E-state index in [1.165, 1.54) is 11.1 Å². The molecule has 0 spiro atoms. The number of benzene rings is 1. The first-order valence-corrected chi connectivity index (χ1v) is 12.0. The molecule has 1 aromatic heterocycles. The van der Waals surface area contributed by atoms with Crippen molar-refractivity contribution in [3.05, 3.63) is 40.3 Å². The van der Waals surface area contributed by atoms with Gasteiger partial charge in [0.15, 0.2) is 15.8 Å². The lowest BCUT2D eigenvalue weighted by molar-refractivity contribution is 0.321. The molecule has 0 radical (unpaired) electrons. The Bertz CT molecular complexity index is 868. The minimum Gasteiger partial charge on any atom is -0.492 e. The summed E-state index contributed by atoms with van der Waals surface area (Å²) in [6, 6.07) is 6.42. The maximum Gasteiger partial charge on any atom is 0.191 e. The molecular weight excluding hydrogens is 523 g/mol. The number of thiazole rings is 1. The van der Waals surface area contributed by atoms with Gasteiger partial charge in [0.2, 0.25) is 0 Å². The highest BCUT2D eigenvalue weighted by molar-refractivity contribution is 14.0. The molecule has 0 saturated heterocycles. The van der Waals surface area contributed by atoms with Gasteiger partial charge in [-0.15, -0.1) is 35.3 Å². The van der Waals surface area contributed by atoms with Crippen LogP contribution >= 0.6 is 35.3 Å². The maximum atomic E-state index is 11.5. The Balaban J connectivity index is 0.00000420. The van der Waals surface area contributed by atoms with E-state index < -0.39 is 9.84 Å². The summed E-state index contributed by atoms with van der Waals surface area (Å²) < 4.78 is 28.6. The summed E-state index contributed by atoms with van der Waals surface area (Å²) in [4.78, 5) is 10.6. The van der Waals surface area contributed by atoms with Crippen molar-refractivity contribution >= 4 is 51.1 Å². The van der Waals surface area contributed by atoms with E-state index in [4.69, 9.17) is 4.74 Å². The lowest BCUT2D eigenvalue weighted by Gasteiger charge is -2.12. The monoisotopic (exact) mass is 552 g/mol. The molecule has 162 valence electrons. The molecule has 0 fully saturated rings. The summed E-state index contributed by atoms with van der Waals surface area (Å²) >= 11 is 1.74. The average Bonchev–Trinajstić information content (AvgIpc) is 3.13. The van der Waals surface area contributed by atoms with Crippen LogP contribution in [-0.4, -0.2) is 51.9 Å². The molecule has 0 saturated carbocycles. The third-order valence-electron chi connectivity index (χ3n) is 3.80. The number of halogens is 1. The third-order valence-corrected chi connectivity index (χ3v) is 6.13. The van der Waals surface area contributed by atoms with Crippen molar-refractivity contribution in [3.63, 3.8) is 0 Å². The average molecular weight is 553 g/mol. The van der Waals surface area contributed by atoms with Crippen LogP contribution < -0.4 is 15.4 Å². The van der Waals surface area contributed by atoms with Crippen LogP contribution in [0, 0.1) is 0 Å². The number of nitrogens with zero attached hydrogens (tertiary/aromatic N) is 2. The standard InChI is InChI=1S/C19H28N4O3S2.HI/c1-4-16-14-23-18(27-16)10-11-21-19(20-5-2)22-12-13-26-15-6-8-17(9-7-15)28(3,24)25;/h6-9,14H,4-5,10-13H2,1-3H3,(H2,20,21,22);1H. The summed E-state index contributed by atoms with van der Waals surface area (Å²) in [6.07, 6.45) is 4.96. The van der Waals surface area contributed by atoms with Crippen molar-refractivity contribution < 1.29 is 13.2 Å². The van der Waals surface area contributed by atoms with E-state index in [1.54, 1.807) is 35.6 Å². The molecule has 2 N–H and O–H groups in total. The molecule has 1 aromatic carbocycles. The molecule has 1 heterocycles. The zero-order valence-electron chi connectivity index (χ0n) is 17.0. The Hall–Kier alpha value is -1.40. The predicted molar refractivity (Wildman–Crippen MR) is 130 cm³/mol. The molecule has 0 aliphatic rings. The molecular formula is C19H29IN4O3S2. The minimum absolute atomic E-state index is 0. The van der Waals surface area contributed by atoms with Gasteiger partial charge in [0.05, 0.1) is 16.4 Å². The molecule has 29 heavy (non-hydrogen) atoms. The number of sulfone groups is 1. The topological polar surface area (TPSA) is 92.7 Å². The normalized spacial score (nSPS) is 11.6. The Morgan fingerprint density at radius 1 is 1.21 bits per heavy atom. The Morgan fingerprint density at radius 3 is 2.52 bits per heavy atom. The zero-order chi connectivity index (χ0) is 20.4. The van der Waals surface area contributed by atoms with Crippen LogP contribution in [0.2, 0.25) is 0 Å². The fourth-order valence-corrected chi connectivity index (χ4v) is 3.84. The van der Waals surface area contributed by atoms with E-state index in [-0.39, 0.29) is 28.9 Å². The Morgan fingerprint density at radius 2 is 1.93 bits per heavy atom. The van der Waals surface area contributed by atoms with Gasteiger partial charge in [-0.05, 0) is 37.6 Å². The first kappa shape index (κ1) is 25.6. The SMILES string of the molecule is CCNC(=NCCc1ncc(CC)s1)NCCOc1ccc(S(C)(=O)=O)cc1.I. The largest absolute Gasteiger partial charge is 0.492 e. The fourth-order valence-electron chi connectivity index (χ4n) is 2.35. The predicted octanol–water partition coefficient (Wildman–Crippen LogP) is 2.90. The molecule has 0 unspecified atom stereocenters. The van der Waals surface area contributed by atoms with Gasteiger partial charge in [-0.3, -0.25) is 4.99 Å². The smallest absolute Gasteiger partial charge is 0.191 e. The van der Waals surface area contributed by atoms with Crippen molar-refractivity contribution in [2.75, 3.05) is 32.5 Å². The van der Waals surface area contributed by atoms with Crippen molar-refractivity contribution in [2.45, 2.75) is 31.6 Å². The van der Waals surface area contributed by atoms with Crippen molar-refractivity contribution in [3.8, 4) is 5.75 Å². The summed E-state index contributed by atoms with van der Waals surface area (Å²) in [7, 11) is -3.19. The number of nitrogens with one attached hydrogen (secondary N) is 2.